The Bertz CT molecular complexity index is 1080. The van der Waals surface area contributed by atoms with Crippen molar-refractivity contribution >= 4 is 34.9 Å². The van der Waals surface area contributed by atoms with Crippen molar-refractivity contribution in [3.8, 4) is 0 Å². The molecular weight excluding hydrogens is 370 g/mol. The molecule has 1 saturated carbocycles. The molecule has 2 bridgehead atoms. The highest BCUT2D eigenvalue weighted by Gasteiger charge is 2.59. The third-order valence-electron chi connectivity index (χ3n) is 6.54. The second-order valence-corrected chi connectivity index (χ2v) is 7.91. The van der Waals surface area contributed by atoms with E-state index in [1.807, 2.05) is 35.8 Å². The molecule has 0 radical (unpaired) electrons. The largest absolute Gasteiger partial charge is 0.468 e. The minimum absolute atomic E-state index is 0.0808. The summed E-state index contributed by atoms with van der Waals surface area (Å²) >= 11 is 0. The van der Waals surface area contributed by atoms with Crippen LogP contribution in [-0.2, 0) is 25.7 Å². The van der Waals surface area contributed by atoms with Crippen LogP contribution in [0.25, 0.3) is 10.9 Å². The van der Waals surface area contributed by atoms with Crippen LogP contribution in [0.5, 0.6) is 0 Å². The lowest BCUT2D eigenvalue weighted by Crippen LogP contribution is -2.28. The van der Waals surface area contributed by atoms with Crippen molar-refractivity contribution in [1.82, 2.24) is 9.58 Å². The normalized spacial score (nSPS) is 27.6. The molecule has 2 amide bonds. The van der Waals surface area contributed by atoms with Gasteiger partial charge in [0.05, 0.1) is 25.2 Å². The van der Waals surface area contributed by atoms with Crippen molar-refractivity contribution in [2.24, 2.45) is 28.8 Å². The van der Waals surface area contributed by atoms with E-state index in [-0.39, 0.29) is 48.0 Å². The zero-order valence-electron chi connectivity index (χ0n) is 16.2. The third-order valence-corrected chi connectivity index (χ3v) is 6.54. The van der Waals surface area contributed by atoms with Gasteiger partial charge in [-0.15, -0.1) is 0 Å². The maximum Gasteiger partial charge on any atom is 0.325 e. The van der Waals surface area contributed by atoms with E-state index in [2.05, 4.69) is 17.3 Å². The molecule has 3 aliphatic rings. The van der Waals surface area contributed by atoms with Crippen molar-refractivity contribution in [3.63, 3.8) is 0 Å². The number of allylic oxidation sites excluding steroid dienone is 2. The Kier molecular flexibility index (Phi) is 3.94. The highest BCUT2D eigenvalue weighted by molar-refractivity contribution is 6.08. The Hall–Kier alpha value is -3.22. The van der Waals surface area contributed by atoms with Crippen molar-refractivity contribution in [3.05, 3.63) is 47.7 Å². The van der Waals surface area contributed by atoms with Gasteiger partial charge in [0, 0.05) is 22.2 Å². The quantitative estimate of drug-likeness (QED) is 0.347. The Labute approximate surface area is 167 Å². The van der Waals surface area contributed by atoms with Crippen LogP contribution in [0.4, 0.5) is 0 Å². The van der Waals surface area contributed by atoms with Gasteiger partial charge >= 0.3 is 5.97 Å². The minimum Gasteiger partial charge on any atom is -0.468 e. The number of para-hydroxylation sites is 1. The number of carbonyl (C=O) groups is 3. The summed E-state index contributed by atoms with van der Waals surface area (Å²) in [4.78, 5) is 37.5. The fourth-order valence-corrected chi connectivity index (χ4v) is 5.13. The fourth-order valence-electron chi connectivity index (χ4n) is 5.13. The molecule has 2 heterocycles. The van der Waals surface area contributed by atoms with Gasteiger partial charge in [-0.05, 0) is 31.2 Å². The Morgan fingerprint density at radius 2 is 1.83 bits per heavy atom. The molecule has 4 atom stereocenters. The lowest BCUT2D eigenvalue weighted by molar-refractivity contribution is -0.142. The monoisotopic (exact) mass is 391 g/mol. The number of ether oxygens (including phenoxy) is 1. The first kappa shape index (κ1) is 17.8. The van der Waals surface area contributed by atoms with E-state index in [1.54, 1.807) is 6.21 Å². The van der Waals surface area contributed by atoms with E-state index in [4.69, 9.17) is 4.74 Å². The van der Waals surface area contributed by atoms with E-state index in [0.717, 1.165) is 33.6 Å². The number of amides is 2. The van der Waals surface area contributed by atoms with Crippen LogP contribution in [0, 0.1) is 30.6 Å². The SMILES string of the molecule is COC(=O)Cn1c(C)c(C=NN2C(=O)[C@@H]3[C@H](C2=O)[C@H]2C=C[C@H]3C2)c2ccccc21. The number of aromatic nitrogens is 1. The van der Waals surface area contributed by atoms with E-state index in [1.165, 1.54) is 7.11 Å². The standard InChI is InChI=1S/C22H21N3O4/c1-12-16(15-5-3-4-6-17(15)24(12)11-18(26)29-2)10-23-25-21(27)19-13-7-8-14(9-13)20(19)22(25)28/h3-8,10,13-14,19-20H,9,11H2,1-2H3/t13-,14-,19-,20+/m0/s1. The Balaban J connectivity index is 1.50. The van der Waals surface area contributed by atoms with Crippen LogP contribution < -0.4 is 0 Å². The number of esters is 1. The molecule has 1 aromatic heterocycles. The number of rotatable bonds is 4. The second-order valence-electron chi connectivity index (χ2n) is 7.91. The van der Waals surface area contributed by atoms with Gasteiger partial charge < -0.3 is 9.30 Å². The van der Waals surface area contributed by atoms with Crippen LogP contribution in [0.2, 0.25) is 0 Å². The Morgan fingerprint density at radius 3 is 2.48 bits per heavy atom. The summed E-state index contributed by atoms with van der Waals surface area (Å²) in [6.45, 7) is 1.97. The predicted octanol–water partition coefficient (Wildman–Crippen LogP) is 2.26. The molecule has 7 nitrogen and oxygen atoms in total. The number of carbonyl (C=O) groups excluding carboxylic acids is 3. The average Bonchev–Trinajstić information content (AvgIpc) is 3.46. The zero-order chi connectivity index (χ0) is 20.3. The molecule has 1 aromatic carbocycles. The number of imide groups is 1. The average molecular weight is 391 g/mol. The maximum absolute atomic E-state index is 12.8. The first-order valence-corrected chi connectivity index (χ1v) is 9.76. The predicted molar refractivity (Wildman–Crippen MR) is 106 cm³/mol. The molecule has 7 heteroatoms. The van der Waals surface area contributed by atoms with Gasteiger partial charge in [0.25, 0.3) is 11.8 Å². The number of hydrazone groups is 1. The highest BCUT2D eigenvalue weighted by atomic mass is 16.5. The summed E-state index contributed by atoms with van der Waals surface area (Å²) in [5.74, 6) is -0.977. The molecule has 1 aliphatic heterocycles. The number of nitrogens with zero attached hydrogens (tertiary/aromatic N) is 3. The summed E-state index contributed by atoms with van der Waals surface area (Å²) in [5.41, 5.74) is 2.47. The van der Waals surface area contributed by atoms with Crippen molar-refractivity contribution in [2.45, 2.75) is 19.9 Å². The number of benzene rings is 1. The Morgan fingerprint density at radius 1 is 1.17 bits per heavy atom. The molecular formula is C22H21N3O4. The smallest absolute Gasteiger partial charge is 0.325 e. The molecule has 0 spiro atoms. The highest BCUT2D eigenvalue weighted by Crippen LogP contribution is 2.52. The number of hydrogen-bond acceptors (Lipinski definition) is 5. The van der Waals surface area contributed by atoms with Crippen LogP contribution >= 0.6 is 0 Å². The van der Waals surface area contributed by atoms with Gasteiger partial charge in [-0.25, -0.2) is 0 Å². The molecule has 5 rings (SSSR count). The van der Waals surface area contributed by atoms with Crippen molar-refractivity contribution < 1.29 is 19.1 Å². The van der Waals surface area contributed by atoms with E-state index >= 15 is 0 Å². The summed E-state index contributed by atoms with van der Waals surface area (Å²) < 4.78 is 6.66. The number of fused-ring (bicyclic) bond motifs is 6. The topological polar surface area (TPSA) is 81.0 Å². The van der Waals surface area contributed by atoms with Crippen molar-refractivity contribution in [2.75, 3.05) is 7.11 Å². The fraction of sp³-hybridized carbons (Fsp3) is 0.364. The lowest BCUT2D eigenvalue weighted by atomic mass is 9.85. The van der Waals surface area contributed by atoms with Crippen LogP contribution in [0.1, 0.15) is 17.7 Å². The van der Waals surface area contributed by atoms with E-state index < -0.39 is 0 Å². The second kappa shape index (κ2) is 6.40. The van der Waals surface area contributed by atoms with Gasteiger partial charge in [-0.1, -0.05) is 30.4 Å². The van der Waals surface area contributed by atoms with Gasteiger partial charge in [0.15, 0.2) is 0 Å². The number of methoxy groups -OCH3 is 1. The van der Waals surface area contributed by atoms with Crippen LogP contribution in [0.3, 0.4) is 0 Å². The lowest BCUT2D eigenvalue weighted by Gasteiger charge is -2.13. The molecule has 148 valence electrons. The molecule has 2 aliphatic carbocycles. The van der Waals surface area contributed by atoms with E-state index in [0.29, 0.717) is 0 Å². The molecule has 2 aromatic rings. The van der Waals surface area contributed by atoms with Crippen molar-refractivity contribution in [1.29, 1.82) is 0 Å². The zero-order valence-corrected chi connectivity index (χ0v) is 16.2. The van der Waals surface area contributed by atoms with Gasteiger partial charge in [0.1, 0.15) is 6.54 Å². The first-order valence-electron chi connectivity index (χ1n) is 9.76. The molecule has 1 saturated heterocycles. The summed E-state index contributed by atoms with van der Waals surface area (Å²) in [6, 6.07) is 7.65. The van der Waals surface area contributed by atoms with Gasteiger partial charge in [-0.3, -0.25) is 14.4 Å². The molecule has 0 N–H and O–H groups in total. The van der Waals surface area contributed by atoms with E-state index in [9.17, 15) is 14.4 Å². The summed E-state index contributed by atoms with van der Waals surface area (Å²) in [6.07, 6.45) is 6.59. The van der Waals surface area contributed by atoms with Crippen LogP contribution in [0.15, 0.2) is 41.5 Å². The first-order chi connectivity index (χ1) is 14.0. The van der Waals surface area contributed by atoms with Gasteiger partial charge in [0.2, 0.25) is 0 Å². The number of hydrogen-bond donors (Lipinski definition) is 0. The third kappa shape index (κ3) is 2.50. The van der Waals surface area contributed by atoms with Gasteiger partial charge in [-0.2, -0.15) is 10.1 Å². The summed E-state index contributed by atoms with van der Waals surface area (Å²) in [5, 5.41) is 6.26. The van der Waals surface area contributed by atoms with Crippen LogP contribution in [-0.4, -0.2) is 40.7 Å². The molecule has 0 unspecified atom stereocenters. The minimum atomic E-state index is -0.349. The maximum atomic E-state index is 12.8. The molecule has 2 fully saturated rings. The molecule has 29 heavy (non-hydrogen) atoms. The summed E-state index contributed by atoms with van der Waals surface area (Å²) in [7, 11) is 1.36.